The minimum absolute atomic E-state index is 0.169. The SMILES string of the molecule is COC(=O)c1ccc(CS(=O)(=O)NCCOc2cc(C)ccc2C)cc1. The van der Waals surface area contributed by atoms with E-state index >= 15 is 0 Å². The summed E-state index contributed by atoms with van der Waals surface area (Å²) in [5.74, 6) is 0.126. The number of benzene rings is 2. The Balaban J connectivity index is 1.85. The van der Waals surface area contributed by atoms with E-state index in [1.807, 2.05) is 32.0 Å². The van der Waals surface area contributed by atoms with E-state index in [1.54, 1.807) is 24.3 Å². The number of carbonyl (C=O) groups excluding carboxylic acids is 1. The minimum atomic E-state index is -3.49. The monoisotopic (exact) mass is 377 g/mol. The molecule has 140 valence electrons. The maximum atomic E-state index is 12.1. The van der Waals surface area contributed by atoms with Crippen LogP contribution in [0.15, 0.2) is 42.5 Å². The number of carbonyl (C=O) groups is 1. The highest BCUT2D eigenvalue weighted by atomic mass is 32.2. The van der Waals surface area contributed by atoms with Crippen molar-refractivity contribution in [3.8, 4) is 5.75 Å². The van der Waals surface area contributed by atoms with Crippen LogP contribution in [0, 0.1) is 13.8 Å². The lowest BCUT2D eigenvalue weighted by atomic mass is 10.1. The van der Waals surface area contributed by atoms with Gasteiger partial charge in [-0.25, -0.2) is 17.9 Å². The van der Waals surface area contributed by atoms with Gasteiger partial charge in [-0.05, 0) is 48.7 Å². The van der Waals surface area contributed by atoms with E-state index < -0.39 is 16.0 Å². The molecule has 0 heterocycles. The molecule has 2 aromatic carbocycles. The van der Waals surface area contributed by atoms with Crippen LogP contribution in [0.2, 0.25) is 0 Å². The number of ether oxygens (including phenoxy) is 2. The molecule has 0 radical (unpaired) electrons. The Hall–Kier alpha value is -2.38. The summed E-state index contributed by atoms with van der Waals surface area (Å²) in [6, 6.07) is 12.2. The molecule has 26 heavy (non-hydrogen) atoms. The Bertz CT molecular complexity index is 860. The molecule has 0 bridgehead atoms. The van der Waals surface area contributed by atoms with Gasteiger partial charge in [-0.1, -0.05) is 24.3 Å². The highest BCUT2D eigenvalue weighted by Crippen LogP contribution is 2.18. The Labute approximate surface area is 154 Å². The largest absolute Gasteiger partial charge is 0.492 e. The van der Waals surface area contributed by atoms with Gasteiger partial charge in [0.1, 0.15) is 12.4 Å². The van der Waals surface area contributed by atoms with Gasteiger partial charge in [0.25, 0.3) is 0 Å². The number of rotatable bonds is 8. The summed E-state index contributed by atoms with van der Waals surface area (Å²) < 4.78 is 37.1. The molecule has 0 spiro atoms. The van der Waals surface area contributed by atoms with E-state index in [-0.39, 0.29) is 18.9 Å². The molecule has 0 fully saturated rings. The topological polar surface area (TPSA) is 81.7 Å². The Morgan fingerprint density at radius 2 is 1.77 bits per heavy atom. The fourth-order valence-corrected chi connectivity index (χ4v) is 3.47. The van der Waals surface area contributed by atoms with Crippen molar-refractivity contribution in [3.05, 3.63) is 64.7 Å². The third kappa shape index (κ3) is 5.86. The first-order chi connectivity index (χ1) is 12.3. The van der Waals surface area contributed by atoms with Crippen molar-refractivity contribution in [2.45, 2.75) is 19.6 Å². The molecule has 0 atom stereocenters. The van der Waals surface area contributed by atoms with E-state index in [0.717, 1.165) is 16.9 Å². The molecule has 6 nitrogen and oxygen atoms in total. The van der Waals surface area contributed by atoms with E-state index in [9.17, 15) is 13.2 Å². The molecule has 0 unspecified atom stereocenters. The van der Waals surface area contributed by atoms with Gasteiger partial charge in [0.05, 0.1) is 18.4 Å². The average molecular weight is 377 g/mol. The van der Waals surface area contributed by atoms with Crippen LogP contribution in [0.5, 0.6) is 5.75 Å². The second kappa shape index (κ2) is 8.82. The molecule has 0 aliphatic carbocycles. The number of sulfonamides is 1. The minimum Gasteiger partial charge on any atom is -0.492 e. The highest BCUT2D eigenvalue weighted by molar-refractivity contribution is 7.88. The zero-order valence-corrected chi connectivity index (χ0v) is 15.9. The van der Waals surface area contributed by atoms with E-state index in [1.165, 1.54) is 7.11 Å². The van der Waals surface area contributed by atoms with Crippen LogP contribution in [0.1, 0.15) is 27.0 Å². The first-order valence-corrected chi connectivity index (χ1v) is 9.80. The van der Waals surface area contributed by atoms with E-state index in [4.69, 9.17) is 4.74 Å². The second-order valence-electron chi connectivity index (χ2n) is 5.96. The summed E-state index contributed by atoms with van der Waals surface area (Å²) in [7, 11) is -2.20. The highest BCUT2D eigenvalue weighted by Gasteiger charge is 2.12. The fourth-order valence-electron chi connectivity index (χ4n) is 2.35. The first-order valence-electron chi connectivity index (χ1n) is 8.15. The molecular weight excluding hydrogens is 354 g/mol. The van der Waals surface area contributed by atoms with Crippen molar-refractivity contribution in [2.75, 3.05) is 20.3 Å². The molecule has 2 rings (SSSR count). The number of aryl methyl sites for hydroxylation is 2. The third-order valence-electron chi connectivity index (χ3n) is 3.76. The fraction of sp³-hybridized carbons (Fsp3) is 0.316. The van der Waals surface area contributed by atoms with Gasteiger partial charge in [0, 0.05) is 6.54 Å². The molecule has 1 N–H and O–H groups in total. The first kappa shape index (κ1) is 19.9. The summed E-state index contributed by atoms with van der Waals surface area (Å²) in [5.41, 5.74) is 3.05. The maximum Gasteiger partial charge on any atom is 0.337 e. The molecule has 0 saturated carbocycles. The second-order valence-corrected chi connectivity index (χ2v) is 7.77. The molecule has 0 amide bonds. The summed E-state index contributed by atoms with van der Waals surface area (Å²) in [4.78, 5) is 11.4. The van der Waals surface area contributed by atoms with Crippen molar-refractivity contribution in [3.63, 3.8) is 0 Å². The van der Waals surface area contributed by atoms with Gasteiger partial charge in [-0.2, -0.15) is 0 Å². The molecule has 0 aromatic heterocycles. The van der Waals surface area contributed by atoms with Crippen molar-refractivity contribution < 1.29 is 22.7 Å². The lowest BCUT2D eigenvalue weighted by Crippen LogP contribution is -2.29. The lowest BCUT2D eigenvalue weighted by Gasteiger charge is -2.11. The van der Waals surface area contributed by atoms with Gasteiger partial charge >= 0.3 is 5.97 Å². The van der Waals surface area contributed by atoms with Crippen molar-refractivity contribution in [1.82, 2.24) is 4.72 Å². The Kier molecular flexibility index (Phi) is 6.76. The Morgan fingerprint density at radius 1 is 1.08 bits per heavy atom. The standard InChI is InChI=1S/C19H23NO5S/c1-14-4-5-15(2)18(12-14)25-11-10-20-26(22,23)13-16-6-8-17(9-7-16)19(21)24-3/h4-9,12,20H,10-11,13H2,1-3H3. The lowest BCUT2D eigenvalue weighted by molar-refractivity contribution is 0.0600. The van der Waals surface area contributed by atoms with Gasteiger partial charge in [0.15, 0.2) is 0 Å². The number of hydrogen-bond donors (Lipinski definition) is 1. The van der Waals surface area contributed by atoms with Crippen LogP contribution >= 0.6 is 0 Å². The van der Waals surface area contributed by atoms with Crippen LogP contribution in [0.3, 0.4) is 0 Å². The van der Waals surface area contributed by atoms with Crippen LogP contribution in [-0.2, 0) is 20.5 Å². The predicted molar refractivity (Wildman–Crippen MR) is 99.8 cm³/mol. The van der Waals surface area contributed by atoms with Crippen LogP contribution in [0.4, 0.5) is 0 Å². The normalized spacial score (nSPS) is 11.2. The zero-order chi connectivity index (χ0) is 19.2. The maximum absolute atomic E-state index is 12.1. The molecule has 0 saturated heterocycles. The van der Waals surface area contributed by atoms with Gasteiger partial charge < -0.3 is 9.47 Å². The quantitative estimate of drug-likeness (QED) is 0.565. The average Bonchev–Trinajstić information content (AvgIpc) is 2.61. The van der Waals surface area contributed by atoms with Crippen molar-refractivity contribution in [1.29, 1.82) is 0 Å². The summed E-state index contributed by atoms with van der Waals surface area (Å²) in [5, 5.41) is 0. The molecule has 0 aliphatic rings. The number of esters is 1. The Morgan fingerprint density at radius 3 is 2.42 bits per heavy atom. The van der Waals surface area contributed by atoms with Crippen molar-refractivity contribution in [2.24, 2.45) is 0 Å². The smallest absolute Gasteiger partial charge is 0.337 e. The zero-order valence-electron chi connectivity index (χ0n) is 15.1. The third-order valence-corrected chi connectivity index (χ3v) is 5.11. The van der Waals surface area contributed by atoms with E-state index in [2.05, 4.69) is 9.46 Å². The summed E-state index contributed by atoms with van der Waals surface area (Å²) in [6.45, 7) is 4.33. The van der Waals surface area contributed by atoms with Crippen LogP contribution in [0.25, 0.3) is 0 Å². The van der Waals surface area contributed by atoms with Crippen molar-refractivity contribution >= 4 is 16.0 Å². The number of methoxy groups -OCH3 is 1. The van der Waals surface area contributed by atoms with Gasteiger partial charge in [-0.15, -0.1) is 0 Å². The molecular formula is C19H23NO5S. The molecule has 0 aliphatic heterocycles. The van der Waals surface area contributed by atoms with E-state index in [0.29, 0.717) is 11.1 Å². The summed E-state index contributed by atoms with van der Waals surface area (Å²) in [6.07, 6.45) is 0. The van der Waals surface area contributed by atoms with Crippen LogP contribution < -0.4 is 9.46 Å². The number of hydrogen-bond acceptors (Lipinski definition) is 5. The summed E-state index contributed by atoms with van der Waals surface area (Å²) >= 11 is 0. The van der Waals surface area contributed by atoms with Crippen LogP contribution in [-0.4, -0.2) is 34.6 Å². The van der Waals surface area contributed by atoms with Gasteiger partial charge in [-0.3, -0.25) is 0 Å². The number of nitrogens with one attached hydrogen (secondary N) is 1. The molecule has 7 heteroatoms. The molecule has 2 aromatic rings. The van der Waals surface area contributed by atoms with Gasteiger partial charge in [0.2, 0.25) is 10.0 Å². The predicted octanol–water partition coefficient (Wildman–Crippen LogP) is 2.59.